The van der Waals surface area contributed by atoms with Gasteiger partial charge in [-0.3, -0.25) is 9.89 Å². The standard InChI is InChI=1S/C17H25ClN4O.HI/c1-13(2)11-20-17(19)21-12-16(22-6-8-23-9-7-22)14-4-3-5-15(18)10-14;/h3-5,10,16H,1,6-9,11-12H2,2H3,(H3,19,20,21);1H. The van der Waals surface area contributed by atoms with E-state index in [4.69, 9.17) is 22.1 Å². The van der Waals surface area contributed by atoms with Crippen molar-refractivity contribution in [2.24, 2.45) is 10.7 Å². The molecule has 1 fully saturated rings. The molecule has 1 heterocycles. The second-order valence-electron chi connectivity index (χ2n) is 5.76. The zero-order chi connectivity index (χ0) is 16.7. The van der Waals surface area contributed by atoms with E-state index >= 15 is 0 Å². The average molecular weight is 465 g/mol. The number of nitrogens with zero attached hydrogens (tertiary/aromatic N) is 2. The lowest BCUT2D eigenvalue weighted by molar-refractivity contribution is 0.0180. The number of benzene rings is 1. The van der Waals surface area contributed by atoms with Gasteiger partial charge >= 0.3 is 0 Å². The molecule has 0 aliphatic carbocycles. The predicted octanol–water partition coefficient (Wildman–Crippen LogP) is 2.81. The van der Waals surface area contributed by atoms with Gasteiger partial charge < -0.3 is 15.8 Å². The highest BCUT2D eigenvalue weighted by Crippen LogP contribution is 2.24. The van der Waals surface area contributed by atoms with E-state index in [0.717, 1.165) is 42.5 Å². The van der Waals surface area contributed by atoms with Gasteiger partial charge in [-0.25, -0.2) is 0 Å². The molecule has 134 valence electrons. The Hall–Kier alpha value is -0.830. The largest absolute Gasteiger partial charge is 0.379 e. The minimum Gasteiger partial charge on any atom is -0.379 e. The summed E-state index contributed by atoms with van der Waals surface area (Å²) < 4.78 is 5.45. The third-order valence-corrected chi connectivity index (χ3v) is 3.96. The normalized spacial score (nSPS) is 17.0. The maximum absolute atomic E-state index is 6.15. The third kappa shape index (κ3) is 6.96. The van der Waals surface area contributed by atoms with Gasteiger partial charge in [-0.2, -0.15) is 0 Å². The number of guanidine groups is 1. The molecule has 2 rings (SSSR count). The van der Waals surface area contributed by atoms with Crippen molar-refractivity contribution in [3.8, 4) is 0 Å². The first-order valence-corrected chi connectivity index (χ1v) is 8.19. The minimum absolute atomic E-state index is 0. The quantitative estimate of drug-likeness (QED) is 0.294. The number of rotatable bonds is 6. The molecule has 1 aliphatic rings. The Bertz CT molecular complexity index is 561. The van der Waals surface area contributed by atoms with Crippen LogP contribution in [0.2, 0.25) is 5.02 Å². The van der Waals surface area contributed by atoms with Crippen LogP contribution < -0.4 is 11.1 Å². The van der Waals surface area contributed by atoms with Crippen molar-refractivity contribution in [1.82, 2.24) is 10.2 Å². The number of hydrogen-bond donors (Lipinski definition) is 2. The number of aliphatic imine (C=N–C) groups is 1. The van der Waals surface area contributed by atoms with Crippen molar-refractivity contribution in [3.05, 3.63) is 47.0 Å². The lowest BCUT2D eigenvalue weighted by atomic mass is 10.0. The maximum Gasteiger partial charge on any atom is 0.188 e. The molecule has 1 aromatic carbocycles. The highest BCUT2D eigenvalue weighted by molar-refractivity contribution is 14.0. The molecule has 1 atom stereocenters. The van der Waals surface area contributed by atoms with E-state index in [2.05, 4.69) is 27.9 Å². The topological polar surface area (TPSA) is 62.9 Å². The van der Waals surface area contributed by atoms with Gasteiger partial charge in [-0.15, -0.1) is 24.0 Å². The summed E-state index contributed by atoms with van der Waals surface area (Å²) in [5, 5.41) is 3.80. The van der Waals surface area contributed by atoms with Crippen LogP contribution in [0.15, 0.2) is 41.4 Å². The molecule has 0 saturated carbocycles. The van der Waals surface area contributed by atoms with Crippen LogP contribution in [0.25, 0.3) is 0 Å². The summed E-state index contributed by atoms with van der Waals surface area (Å²) in [6, 6.07) is 8.07. The Balaban J connectivity index is 0.00000288. The van der Waals surface area contributed by atoms with Gasteiger partial charge in [-0.1, -0.05) is 35.9 Å². The molecule has 1 aromatic rings. The fourth-order valence-electron chi connectivity index (χ4n) is 2.52. The molecule has 1 unspecified atom stereocenters. The Morgan fingerprint density at radius 3 is 2.79 bits per heavy atom. The monoisotopic (exact) mass is 464 g/mol. The Labute approximate surface area is 166 Å². The zero-order valence-electron chi connectivity index (χ0n) is 14.0. The predicted molar refractivity (Wildman–Crippen MR) is 111 cm³/mol. The summed E-state index contributed by atoms with van der Waals surface area (Å²) in [5.41, 5.74) is 8.10. The molecule has 0 spiro atoms. The lowest BCUT2D eigenvalue weighted by Gasteiger charge is -2.34. The maximum atomic E-state index is 6.15. The van der Waals surface area contributed by atoms with Gasteiger partial charge in [0.05, 0.1) is 25.8 Å². The zero-order valence-corrected chi connectivity index (χ0v) is 17.1. The van der Waals surface area contributed by atoms with E-state index < -0.39 is 0 Å². The van der Waals surface area contributed by atoms with Crippen LogP contribution in [0, 0.1) is 0 Å². The molecular formula is C17H26ClIN4O. The van der Waals surface area contributed by atoms with Crippen LogP contribution in [-0.4, -0.2) is 50.3 Å². The van der Waals surface area contributed by atoms with Crippen molar-refractivity contribution >= 4 is 41.5 Å². The molecule has 3 N–H and O–H groups in total. The first kappa shape index (κ1) is 21.2. The number of morpholine rings is 1. The van der Waals surface area contributed by atoms with Gasteiger partial charge in [0.2, 0.25) is 0 Å². The van der Waals surface area contributed by atoms with Crippen LogP contribution in [0.5, 0.6) is 0 Å². The molecule has 0 aromatic heterocycles. The fraction of sp³-hybridized carbons (Fsp3) is 0.471. The fourth-order valence-corrected chi connectivity index (χ4v) is 2.72. The number of hydrogen-bond acceptors (Lipinski definition) is 3. The van der Waals surface area contributed by atoms with E-state index in [1.807, 2.05) is 25.1 Å². The number of halogens is 2. The van der Waals surface area contributed by atoms with E-state index in [0.29, 0.717) is 19.0 Å². The Morgan fingerprint density at radius 2 is 2.17 bits per heavy atom. The minimum atomic E-state index is 0. The molecule has 1 saturated heterocycles. The summed E-state index contributed by atoms with van der Waals surface area (Å²) in [5.74, 6) is 0.438. The third-order valence-electron chi connectivity index (χ3n) is 3.73. The van der Waals surface area contributed by atoms with Crippen molar-refractivity contribution in [1.29, 1.82) is 0 Å². The van der Waals surface area contributed by atoms with Crippen LogP contribution in [-0.2, 0) is 4.74 Å². The van der Waals surface area contributed by atoms with Crippen molar-refractivity contribution < 1.29 is 4.74 Å². The average Bonchev–Trinajstić information content (AvgIpc) is 2.54. The van der Waals surface area contributed by atoms with Crippen LogP contribution in [0.3, 0.4) is 0 Å². The molecule has 7 heteroatoms. The number of nitrogens with one attached hydrogen (secondary N) is 1. The smallest absolute Gasteiger partial charge is 0.188 e. The highest BCUT2D eigenvalue weighted by atomic mass is 127. The van der Waals surface area contributed by atoms with Gasteiger partial charge in [-0.05, 0) is 24.6 Å². The first-order chi connectivity index (χ1) is 11.1. The molecular weight excluding hydrogens is 439 g/mol. The molecule has 0 radical (unpaired) electrons. The molecule has 5 nitrogen and oxygen atoms in total. The van der Waals surface area contributed by atoms with Crippen molar-refractivity contribution in [3.63, 3.8) is 0 Å². The van der Waals surface area contributed by atoms with Crippen LogP contribution >= 0.6 is 35.6 Å². The summed E-state index contributed by atoms with van der Waals surface area (Å²) in [7, 11) is 0. The SMILES string of the molecule is C=C(C)CNC(N)=NCC(c1cccc(Cl)c1)N1CCOCC1.I. The lowest BCUT2D eigenvalue weighted by Crippen LogP contribution is -2.41. The van der Waals surface area contributed by atoms with Gasteiger partial charge in [0.25, 0.3) is 0 Å². The van der Waals surface area contributed by atoms with Gasteiger partial charge in [0.1, 0.15) is 0 Å². The highest BCUT2D eigenvalue weighted by Gasteiger charge is 2.22. The van der Waals surface area contributed by atoms with Crippen molar-refractivity contribution in [2.75, 3.05) is 39.4 Å². The first-order valence-electron chi connectivity index (χ1n) is 7.81. The molecule has 0 amide bonds. The van der Waals surface area contributed by atoms with Crippen LogP contribution in [0.4, 0.5) is 0 Å². The van der Waals surface area contributed by atoms with Crippen LogP contribution in [0.1, 0.15) is 18.5 Å². The van der Waals surface area contributed by atoms with Gasteiger partial charge in [0.15, 0.2) is 5.96 Å². The summed E-state index contributed by atoms with van der Waals surface area (Å²) in [6.45, 7) is 10.2. The van der Waals surface area contributed by atoms with E-state index in [-0.39, 0.29) is 30.0 Å². The van der Waals surface area contributed by atoms with E-state index in [9.17, 15) is 0 Å². The second-order valence-corrected chi connectivity index (χ2v) is 6.19. The Kier molecular flexibility index (Phi) is 9.65. The Morgan fingerprint density at radius 1 is 1.46 bits per heavy atom. The van der Waals surface area contributed by atoms with Gasteiger partial charge in [0, 0.05) is 24.7 Å². The number of ether oxygens (including phenoxy) is 1. The summed E-state index contributed by atoms with van der Waals surface area (Å²) >= 11 is 6.15. The van der Waals surface area contributed by atoms with E-state index in [1.165, 1.54) is 0 Å². The second kappa shape index (κ2) is 10.9. The molecule has 0 bridgehead atoms. The summed E-state index contributed by atoms with van der Waals surface area (Å²) in [6.07, 6.45) is 0. The molecule has 1 aliphatic heterocycles. The summed E-state index contributed by atoms with van der Waals surface area (Å²) in [4.78, 5) is 6.86. The van der Waals surface area contributed by atoms with E-state index in [1.54, 1.807) is 0 Å². The number of nitrogens with two attached hydrogens (primary N) is 1. The molecule has 24 heavy (non-hydrogen) atoms. The van der Waals surface area contributed by atoms with Crippen molar-refractivity contribution in [2.45, 2.75) is 13.0 Å².